The molecule has 0 unspecified atom stereocenters. The Morgan fingerprint density at radius 3 is 2.27 bits per heavy atom. The third-order valence-electron chi connectivity index (χ3n) is 2.05. The lowest BCUT2D eigenvalue weighted by Gasteiger charge is -2.19. The van der Waals surface area contributed by atoms with E-state index in [9.17, 15) is 13.6 Å². The molecule has 3 nitrogen and oxygen atoms in total. The molecule has 0 aromatic heterocycles. The van der Waals surface area contributed by atoms with Gasteiger partial charge in [-0.25, -0.2) is 8.78 Å². The van der Waals surface area contributed by atoms with Gasteiger partial charge in [-0.1, -0.05) is 6.07 Å². The van der Waals surface area contributed by atoms with Crippen molar-refractivity contribution in [3.63, 3.8) is 0 Å². The van der Waals surface area contributed by atoms with Gasteiger partial charge in [-0.2, -0.15) is 0 Å². The highest BCUT2D eigenvalue weighted by Crippen LogP contribution is 2.14. The second kappa shape index (κ2) is 4.80. The van der Waals surface area contributed by atoms with Crippen molar-refractivity contribution in [2.45, 2.75) is 6.04 Å². The van der Waals surface area contributed by atoms with E-state index >= 15 is 0 Å². The first-order chi connectivity index (χ1) is 7.00. The summed E-state index contributed by atoms with van der Waals surface area (Å²) < 4.78 is 35.1. The fourth-order valence-electron chi connectivity index (χ4n) is 1.14. The Hall–Kier alpha value is -0.823. The maximum atomic E-state index is 12.8. The lowest BCUT2D eigenvalue weighted by Crippen LogP contribution is -2.43. The molecule has 0 saturated heterocycles. The van der Waals surface area contributed by atoms with Crippen molar-refractivity contribution in [2.24, 2.45) is 0 Å². The van der Waals surface area contributed by atoms with Crippen molar-refractivity contribution in [2.75, 3.05) is 14.2 Å². The zero-order valence-electron chi connectivity index (χ0n) is 8.46. The van der Waals surface area contributed by atoms with Crippen molar-refractivity contribution in [3.05, 3.63) is 35.4 Å². The Bertz CT molecular complexity index is 342. The van der Waals surface area contributed by atoms with Crippen molar-refractivity contribution < 1.29 is 22.4 Å². The van der Waals surface area contributed by atoms with Gasteiger partial charge in [0.05, 0.1) is 0 Å². The van der Waals surface area contributed by atoms with Gasteiger partial charge in [0.25, 0.3) is 0 Å². The highest BCUT2D eigenvalue weighted by atomic mass is 28.4. The number of halogens is 2. The molecule has 6 heteroatoms. The SMILES string of the molecule is CO[Si](O)(Cc1ccc(F)c(F)c1)OC. The molecule has 1 aromatic carbocycles. The first-order valence-electron chi connectivity index (χ1n) is 4.27. The van der Waals surface area contributed by atoms with E-state index in [0.717, 1.165) is 12.1 Å². The highest BCUT2D eigenvalue weighted by molar-refractivity contribution is 6.58. The topological polar surface area (TPSA) is 38.7 Å². The van der Waals surface area contributed by atoms with Crippen LogP contribution in [0.4, 0.5) is 8.78 Å². The molecule has 1 rings (SSSR count). The van der Waals surface area contributed by atoms with Gasteiger partial charge in [0.1, 0.15) is 0 Å². The summed E-state index contributed by atoms with van der Waals surface area (Å²) in [6.07, 6.45) is 0. The first kappa shape index (κ1) is 12.2. The Balaban J connectivity index is 2.85. The summed E-state index contributed by atoms with van der Waals surface area (Å²) in [5, 5.41) is 0. The lowest BCUT2D eigenvalue weighted by atomic mass is 10.2. The fourth-order valence-corrected chi connectivity index (χ4v) is 2.33. The molecule has 0 aliphatic carbocycles. The third kappa shape index (κ3) is 3.06. The number of benzene rings is 1. The van der Waals surface area contributed by atoms with E-state index in [1.807, 2.05) is 0 Å². The second-order valence-corrected chi connectivity index (χ2v) is 5.64. The van der Waals surface area contributed by atoms with E-state index in [1.54, 1.807) is 0 Å². The molecular weight excluding hydrogens is 222 g/mol. The highest BCUT2D eigenvalue weighted by Gasteiger charge is 2.34. The Kier molecular flexibility index (Phi) is 3.92. The van der Waals surface area contributed by atoms with E-state index < -0.39 is 20.4 Å². The van der Waals surface area contributed by atoms with Crippen LogP contribution in [0.1, 0.15) is 5.56 Å². The van der Waals surface area contributed by atoms with Gasteiger partial charge >= 0.3 is 8.80 Å². The van der Waals surface area contributed by atoms with Crippen molar-refractivity contribution in [1.29, 1.82) is 0 Å². The van der Waals surface area contributed by atoms with E-state index in [1.165, 1.54) is 20.3 Å². The molecule has 1 N–H and O–H groups in total. The van der Waals surface area contributed by atoms with Crippen LogP contribution in [0.25, 0.3) is 0 Å². The molecule has 0 saturated carbocycles. The lowest BCUT2D eigenvalue weighted by molar-refractivity contribution is 0.150. The largest absolute Gasteiger partial charge is 0.502 e. The molecule has 0 bridgehead atoms. The maximum Gasteiger partial charge on any atom is 0.502 e. The maximum absolute atomic E-state index is 12.8. The van der Waals surface area contributed by atoms with Crippen LogP contribution >= 0.6 is 0 Å². The molecule has 0 aliphatic heterocycles. The van der Waals surface area contributed by atoms with Gasteiger partial charge in [-0.3, -0.25) is 0 Å². The average Bonchev–Trinajstić information content (AvgIpc) is 2.23. The summed E-state index contributed by atoms with van der Waals surface area (Å²) in [4.78, 5) is 9.72. The van der Waals surface area contributed by atoms with Crippen LogP contribution in [-0.2, 0) is 14.9 Å². The van der Waals surface area contributed by atoms with Crippen LogP contribution < -0.4 is 0 Å². The predicted octanol–water partition coefficient (Wildman–Crippen LogP) is 1.27. The van der Waals surface area contributed by atoms with Gasteiger partial charge in [0.2, 0.25) is 0 Å². The van der Waals surface area contributed by atoms with E-state index in [4.69, 9.17) is 8.85 Å². The van der Waals surface area contributed by atoms with Crippen LogP contribution in [0, 0.1) is 11.6 Å². The Morgan fingerprint density at radius 1 is 1.20 bits per heavy atom. The van der Waals surface area contributed by atoms with Gasteiger partial charge in [-0.05, 0) is 17.7 Å². The molecule has 0 spiro atoms. The zero-order valence-corrected chi connectivity index (χ0v) is 9.46. The average molecular weight is 234 g/mol. The fraction of sp³-hybridized carbons (Fsp3) is 0.333. The van der Waals surface area contributed by atoms with Crippen LogP contribution in [-0.4, -0.2) is 27.8 Å². The minimum Gasteiger partial charge on any atom is -0.390 e. The van der Waals surface area contributed by atoms with E-state index in [0.29, 0.717) is 5.56 Å². The van der Waals surface area contributed by atoms with Gasteiger partial charge in [0, 0.05) is 20.3 Å². The monoisotopic (exact) mass is 234 g/mol. The number of rotatable bonds is 4. The smallest absolute Gasteiger partial charge is 0.390 e. The zero-order chi connectivity index (χ0) is 11.5. The van der Waals surface area contributed by atoms with Crippen LogP contribution in [0.15, 0.2) is 18.2 Å². The van der Waals surface area contributed by atoms with Crippen LogP contribution in [0.5, 0.6) is 0 Å². The molecule has 1 aromatic rings. The summed E-state index contributed by atoms with van der Waals surface area (Å²) in [6.45, 7) is 0. The minimum absolute atomic E-state index is 0.0528. The Morgan fingerprint density at radius 2 is 1.80 bits per heavy atom. The summed E-state index contributed by atoms with van der Waals surface area (Å²) in [7, 11) is -0.637. The molecule has 0 amide bonds. The third-order valence-corrected chi connectivity index (χ3v) is 4.18. The Labute approximate surface area is 87.6 Å². The quantitative estimate of drug-likeness (QED) is 0.797. The summed E-state index contributed by atoms with van der Waals surface area (Å²) in [6, 6.07) is 3.46. The molecule has 0 atom stereocenters. The predicted molar refractivity (Wildman–Crippen MR) is 52.1 cm³/mol. The second-order valence-electron chi connectivity index (χ2n) is 3.05. The summed E-state index contributed by atoms with van der Waals surface area (Å²) in [5.41, 5.74) is 0.437. The van der Waals surface area contributed by atoms with Crippen molar-refractivity contribution in [1.82, 2.24) is 0 Å². The minimum atomic E-state index is -3.27. The first-order valence-corrected chi connectivity index (χ1v) is 6.24. The number of hydrogen-bond donors (Lipinski definition) is 1. The van der Waals surface area contributed by atoms with Crippen molar-refractivity contribution in [3.8, 4) is 0 Å². The van der Waals surface area contributed by atoms with Gasteiger partial charge in [0.15, 0.2) is 11.6 Å². The molecule has 0 aliphatic rings. The van der Waals surface area contributed by atoms with Crippen LogP contribution in [0.3, 0.4) is 0 Å². The normalized spacial score (nSPS) is 11.8. The van der Waals surface area contributed by atoms with Crippen molar-refractivity contribution >= 4 is 8.80 Å². The standard InChI is InChI=1S/C9H12F2O3Si/c1-13-15(12,14-2)6-7-3-4-8(10)9(11)5-7/h3-5,12H,6H2,1-2H3. The molecule has 84 valence electrons. The molecule has 0 heterocycles. The van der Waals surface area contributed by atoms with E-state index in [-0.39, 0.29) is 6.04 Å². The molecule has 0 fully saturated rings. The van der Waals surface area contributed by atoms with E-state index in [2.05, 4.69) is 0 Å². The molecule has 0 radical (unpaired) electrons. The molecule has 15 heavy (non-hydrogen) atoms. The molecular formula is C9H12F2O3Si. The van der Waals surface area contributed by atoms with Gasteiger partial charge in [-0.15, -0.1) is 0 Å². The number of hydrogen-bond acceptors (Lipinski definition) is 3. The van der Waals surface area contributed by atoms with Crippen LogP contribution in [0.2, 0.25) is 0 Å². The summed E-state index contributed by atoms with van der Waals surface area (Å²) >= 11 is 0. The van der Waals surface area contributed by atoms with Gasteiger partial charge < -0.3 is 13.6 Å². The summed E-state index contributed by atoms with van der Waals surface area (Å²) in [5.74, 6) is -1.87.